The van der Waals surface area contributed by atoms with Gasteiger partial charge in [-0.1, -0.05) is 0 Å². The molecule has 0 aromatic rings. The van der Waals surface area contributed by atoms with Crippen molar-refractivity contribution in [3.05, 3.63) is 0 Å². The number of ether oxygens (including phenoxy) is 1. The number of rotatable bonds is 4. The summed E-state index contributed by atoms with van der Waals surface area (Å²) >= 11 is 0. The van der Waals surface area contributed by atoms with Crippen molar-refractivity contribution in [2.45, 2.75) is 25.3 Å². The Kier molecular flexibility index (Phi) is 4.56. The molecular weight excluding hydrogens is 230 g/mol. The Hall–Kier alpha value is -1.12. The summed E-state index contributed by atoms with van der Waals surface area (Å²) in [7, 11) is 1.71. The van der Waals surface area contributed by atoms with Crippen molar-refractivity contribution in [2.75, 3.05) is 39.9 Å². The average Bonchev–Trinajstić information content (AvgIpc) is 2.78. The highest BCUT2D eigenvalue weighted by atomic mass is 16.5. The summed E-state index contributed by atoms with van der Waals surface area (Å²) in [5, 5.41) is 8.91. The second-order valence-electron chi connectivity index (χ2n) is 5.17. The zero-order valence-corrected chi connectivity index (χ0v) is 11.0. The van der Waals surface area contributed by atoms with Crippen LogP contribution in [0.5, 0.6) is 0 Å². The molecule has 0 aromatic carbocycles. The third-order valence-corrected chi connectivity index (χ3v) is 3.87. The summed E-state index contributed by atoms with van der Waals surface area (Å²) in [5.41, 5.74) is 0. The number of carbonyl (C=O) groups excluding carboxylic acids is 1. The molecule has 0 bridgehead atoms. The van der Waals surface area contributed by atoms with Crippen LogP contribution in [-0.4, -0.2) is 61.6 Å². The van der Waals surface area contributed by atoms with Gasteiger partial charge in [-0.25, -0.2) is 0 Å². The lowest BCUT2D eigenvalue weighted by molar-refractivity contribution is -0.130. The smallest absolute Gasteiger partial charge is 0.224 e. The Balaban J connectivity index is 1.89. The second kappa shape index (κ2) is 6.17. The molecule has 2 saturated heterocycles. The molecule has 2 unspecified atom stereocenters. The van der Waals surface area contributed by atoms with E-state index >= 15 is 0 Å². The van der Waals surface area contributed by atoms with E-state index in [2.05, 4.69) is 11.0 Å². The molecule has 0 aliphatic carbocycles. The van der Waals surface area contributed by atoms with Gasteiger partial charge in [0.1, 0.15) is 0 Å². The molecule has 2 atom stereocenters. The fourth-order valence-corrected chi connectivity index (χ4v) is 2.88. The first kappa shape index (κ1) is 13.3. The summed E-state index contributed by atoms with van der Waals surface area (Å²) < 4.78 is 5.10. The predicted octanol–water partition coefficient (Wildman–Crippen LogP) is 0.469. The van der Waals surface area contributed by atoms with Gasteiger partial charge in [-0.3, -0.25) is 9.69 Å². The lowest BCUT2D eigenvalue weighted by atomic mass is 10.0. The van der Waals surface area contributed by atoms with Crippen LogP contribution in [0.1, 0.15) is 19.3 Å². The Labute approximate surface area is 108 Å². The minimum Gasteiger partial charge on any atom is -0.383 e. The quantitative estimate of drug-likeness (QED) is 0.729. The van der Waals surface area contributed by atoms with E-state index in [0.29, 0.717) is 19.0 Å². The van der Waals surface area contributed by atoms with Crippen LogP contribution in [0.15, 0.2) is 0 Å². The van der Waals surface area contributed by atoms with E-state index in [4.69, 9.17) is 10.00 Å². The second-order valence-corrected chi connectivity index (χ2v) is 5.17. The maximum Gasteiger partial charge on any atom is 0.224 e. The molecule has 5 heteroatoms. The fourth-order valence-electron chi connectivity index (χ4n) is 2.88. The van der Waals surface area contributed by atoms with Gasteiger partial charge >= 0.3 is 0 Å². The van der Waals surface area contributed by atoms with Gasteiger partial charge in [-0.2, -0.15) is 5.26 Å². The fraction of sp³-hybridized carbons (Fsp3) is 0.846. The Morgan fingerprint density at radius 2 is 2.33 bits per heavy atom. The molecule has 2 aliphatic rings. The average molecular weight is 251 g/mol. The van der Waals surface area contributed by atoms with Gasteiger partial charge in [0, 0.05) is 39.2 Å². The molecule has 1 amide bonds. The standard InChI is InChI=1S/C13H21N3O2/c1-18-6-5-15-4-2-3-12(10-15)16-9-11(8-14)7-13(16)17/h11-12H,2-7,9-10H2,1H3. The maximum absolute atomic E-state index is 11.9. The van der Waals surface area contributed by atoms with E-state index in [9.17, 15) is 4.79 Å². The monoisotopic (exact) mass is 251 g/mol. The molecule has 2 rings (SSSR count). The number of likely N-dealkylation sites (tertiary alicyclic amines) is 2. The third kappa shape index (κ3) is 3.01. The van der Waals surface area contributed by atoms with Gasteiger partial charge in [0.05, 0.1) is 18.6 Å². The minimum atomic E-state index is -0.105. The Bertz CT molecular complexity index is 340. The highest BCUT2D eigenvalue weighted by molar-refractivity contribution is 5.79. The van der Waals surface area contributed by atoms with Gasteiger partial charge < -0.3 is 9.64 Å². The molecule has 18 heavy (non-hydrogen) atoms. The molecule has 100 valence electrons. The van der Waals surface area contributed by atoms with Crippen molar-refractivity contribution in [3.8, 4) is 6.07 Å². The normalized spacial score (nSPS) is 29.6. The van der Waals surface area contributed by atoms with Gasteiger partial charge in [0.2, 0.25) is 5.91 Å². The van der Waals surface area contributed by atoms with Crippen LogP contribution < -0.4 is 0 Å². The first-order valence-corrected chi connectivity index (χ1v) is 6.65. The van der Waals surface area contributed by atoms with Crippen LogP contribution in [0.2, 0.25) is 0 Å². The highest BCUT2D eigenvalue weighted by Crippen LogP contribution is 2.24. The molecule has 2 fully saturated rings. The van der Waals surface area contributed by atoms with Gasteiger partial charge in [0.15, 0.2) is 0 Å². The van der Waals surface area contributed by atoms with E-state index in [0.717, 1.165) is 39.1 Å². The number of amides is 1. The SMILES string of the molecule is COCCN1CCCC(N2CC(C#N)CC2=O)C1. The number of nitrogens with zero attached hydrogens (tertiary/aromatic N) is 3. The van der Waals surface area contributed by atoms with Crippen LogP contribution in [0.4, 0.5) is 0 Å². The van der Waals surface area contributed by atoms with Crippen molar-refractivity contribution >= 4 is 5.91 Å². The summed E-state index contributed by atoms with van der Waals surface area (Å²) in [6, 6.07) is 2.51. The zero-order chi connectivity index (χ0) is 13.0. The van der Waals surface area contributed by atoms with Crippen LogP contribution in [0, 0.1) is 17.2 Å². The van der Waals surface area contributed by atoms with E-state index < -0.39 is 0 Å². The maximum atomic E-state index is 11.9. The summed E-state index contributed by atoms with van der Waals surface area (Å²) in [6.45, 7) is 4.30. The lowest BCUT2D eigenvalue weighted by Gasteiger charge is -2.37. The van der Waals surface area contributed by atoms with Crippen molar-refractivity contribution in [2.24, 2.45) is 5.92 Å². The van der Waals surface area contributed by atoms with Crippen LogP contribution in [0.25, 0.3) is 0 Å². The van der Waals surface area contributed by atoms with Gasteiger partial charge in [0.25, 0.3) is 0 Å². The predicted molar refractivity (Wildman–Crippen MR) is 66.8 cm³/mol. The first-order valence-electron chi connectivity index (χ1n) is 6.65. The summed E-state index contributed by atoms with van der Waals surface area (Å²) in [4.78, 5) is 16.2. The van der Waals surface area contributed by atoms with E-state index in [1.54, 1.807) is 7.11 Å². The third-order valence-electron chi connectivity index (χ3n) is 3.87. The number of carbonyl (C=O) groups is 1. The number of hydrogen-bond donors (Lipinski definition) is 0. The molecule has 2 heterocycles. The van der Waals surface area contributed by atoms with Crippen molar-refractivity contribution < 1.29 is 9.53 Å². The van der Waals surface area contributed by atoms with Crippen LogP contribution >= 0.6 is 0 Å². The Morgan fingerprint density at radius 3 is 3.00 bits per heavy atom. The van der Waals surface area contributed by atoms with Crippen molar-refractivity contribution in [1.82, 2.24) is 9.80 Å². The zero-order valence-electron chi connectivity index (χ0n) is 11.0. The van der Waals surface area contributed by atoms with Crippen molar-refractivity contribution in [1.29, 1.82) is 5.26 Å². The first-order chi connectivity index (χ1) is 8.74. The molecule has 0 aromatic heterocycles. The molecule has 5 nitrogen and oxygen atoms in total. The number of hydrogen-bond acceptors (Lipinski definition) is 4. The Morgan fingerprint density at radius 1 is 1.50 bits per heavy atom. The van der Waals surface area contributed by atoms with Crippen LogP contribution in [-0.2, 0) is 9.53 Å². The molecule has 0 saturated carbocycles. The topological polar surface area (TPSA) is 56.6 Å². The highest BCUT2D eigenvalue weighted by Gasteiger charge is 2.36. The molecule has 0 radical (unpaired) electrons. The van der Waals surface area contributed by atoms with E-state index in [1.807, 2.05) is 4.90 Å². The van der Waals surface area contributed by atoms with E-state index in [1.165, 1.54) is 0 Å². The number of nitriles is 1. The largest absolute Gasteiger partial charge is 0.383 e. The number of piperidine rings is 1. The number of methoxy groups -OCH3 is 1. The summed E-state index contributed by atoms with van der Waals surface area (Å²) in [6.07, 6.45) is 2.59. The van der Waals surface area contributed by atoms with Crippen molar-refractivity contribution in [3.63, 3.8) is 0 Å². The lowest BCUT2D eigenvalue weighted by Crippen LogP contribution is -2.49. The minimum absolute atomic E-state index is 0.105. The molecule has 0 N–H and O–H groups in total. The molecule has 2 aliphatic heterocycles. The molecular formula is C13H21N3O2. The van der Waals surface area contributed by atoms with Gasteiger partial charge in [-0.15, -0.1) is 0 Å². The summed E-state index contributed by atoms with van der Waals surface area (Å²) in [5.74, 6) is 0.0481. The van der Waals surface area contributed by atoms with E-state index in [-0.39, 0.29) is 11.8 Å². The molecule has 0 spiro atoms. The van der Waals surface area contributed by atoms with Crippen LogP contribution in [0.3, 0.4) is 0 Å². The van der Waals surface area contributed by atoms with Gasteiger partial charge in [-0.05, 0) is 19.4 Å².